The summed E-state index contributed by atoms with van der Waals surface area (Å²) in [6.07, 6.45) is 0.256. The quantitative estimate of drug-likeness (QED) is 0.839. The van der Waals surface area contributed by atoms with Crippen LogP contribution in [0.2, 0.25) is 0 Å². The maximum absolute atomic E-state index is 5.73. The van der Waals surface area contributed by atoms with E-state index in [1.165, 1.54) is 0 Å². The van der Waals surface area contributed by atoms with Gasteiger partial charge in [-0.1, -0.05) is 13.8 Å². The van der Waals surface area contributed by atoms with Crippen molar-refractivity contribution in [3.05, 3.63) is 23.7 Å². The normalized spacial score (nSPS) is 14.2. The first-order valence-electron chi connectivity index (χ1n) is 6.72. The first kappa shape index (κ1) is 15.3. The van der Waals surface area contributed by atoms with Crippen molar-refractivity contribution in [3.8, 4) is 0 Å². The first-order valence-corrected chi connectivity index (χ1v) is 6.72. The summed E-state index contributed by atoms with van der Waals surface area (Å²) in [6, 6.07) is 4.00. The van der Waals surface area contributed by atoms with Gasteiger partial charge in [0.05, 0.1) is 12.6 Å². The van der Waals surface area contributed by atoms with E-state index in [4.69, 9.17) is 9.15 Å². The van der Waals surface area contributed by atoms with Gasteiger partial charge in [0, 0.05) is 5.54 Å². The van der Waals surface area contributed by atoms with E-state index in [-0.39, 0.29) is 11.6 Å². The van der Waals surface area contributed by atoms with Gasteiger partial charge >= 0.3 is 0 Å². The van der Waals surface area contributed by atoms with Gasteiger partial charge in [-0.25, -0.2) is 0 Å². The predicted octanol–water partition coefficient (Wildman–Crippen LogP) is 3.73. The SMILES string of the molecule is CC(C)C(C)OCc1ccc(CNC(C)(C)C)o1. The molecule has 18 heavy (non-hydrogen) atoms. The summed E-state index contributed by atoms with van der Waals surface area (Å²) < 4.78 is 11.5. The molecule has 0 fully saturated rings. The molecular weight excluding hydrogens is 226 g/mol. The van der Waals surface area contributed by atoms with Crippen LogP contribution in [0.15, 0.2) is 16.5 Å². The van der Waals surface area contributed by atoms with E-state index in [1.54, 1.807) is 0 Å². The van der Waals surface area contributed by atoms with Crippen molar-refractivity contribution >= 4 is 0 Å². The Morgan fingerprint density at radius 2 is 1.78 bits per heavy atom. The molecule has 1 rings (SSSR count). The monoisotopic (exact) mass is 253 g/mol. The van der Waals surface area contributed by atoms with Gasteiger partial charge in [-0.2, -0.15) is 0 Å². The lowest BCUT2D eigenvalue weighted by Gasteiger charge is -2.19. The van der Waals surface area contributed by atoms with E-state index in [0.29, 0.717) is 12.5 Å². The summed E-state index contributed by atoms with van der Waals surface area (Å²) in [6.45, 7) is 14.1. The molecule has 1 unspecified atom stereocenters. The zero-order valence-corrected chi connectivity index (χ0v) is 12.5. The molecule has 3 heteroatoms. The Morgan fingerprint density at radius 3 is 2.33 bits per heavy atom. The number of hydrogen-bond donors (Lipinski definition) is 1. The van der Waals surface area contributed by atoms with Crippen LogP contribution in [0.3, 0.4) is 0 Å². The van der Waals surface area contributed by atoms with E-state index in [1.807, 2.05) is 12.1 Å². The van der Waals surface area contributed by atoms with Gasteiger partial charge in [0.25, 0.3) is 0 Å². The van der Waals surface area contributed by atoms with Gasteiger partial charge in [0.1, 0.15) is 18.1 Å². The fourth-order valence-corrected chi connectivity index (χ4v) is 1.35. The van der Waals surface area contributed by atoms with Crippen LogP contribution in [0.25, 0.3) is 0 Å². The molecule has 0 saturated carbocycles. The Balaban J connectivity index is 2.39. The van der Waals surface area contributed by atoms with Gasteiger partial charge in [0.15, 0.2) is 0 Å². The summed E-state index contributed by atoms with van der Waals surface area (Å²) in [5.74, 6) is 2.39. The van der Waals surface area contributed by atoms with Crippen LogP contribution in [0.5, 0.6) is 0 Å². The van der Waals surface area contributed by atoms with Crippen LogP contribution in [0.1, 0.15) is 53.1 Å². The van der Waals surface area contributed by atoms with E-state index in [9.17, 15) is 0 Å². The molecule has 0 bridgehead atoms. The maximum Gasteiger partial charge on any atom is 0.129 e. The third kappa shape index (κ3) is 5.69. The highest BCUT2D eigenvalue weighted by Crippen LogP contribution is 2.13. The molecule has 0 aliphatic carbocycles. The zero-order valence-electron chi connectivity index (χ0n) is 12.5. The number of ether oxygens (including phenoxy) is 1. The Morgan fingerprint density at radius 1 is 1.17 bits per heavy atom. The number of nitrogens with one attached hydrogen (secondary N) is 1. The fourth-order valence-electron chi connectivity index (χ4n) is 1.35. The lowest BCUT2D eigenvalue weighted by Crippen LogP contribution is -2.34. The molecular formula is C15H27NO2. The Bertz CT molecular complexity index is 350. The van der Waals surface area contributed by atoms with E-state index in [0.717, 1.165) is 18.1 Å². The summed E-state index contributed by atoms with van der Waals surface area (Å²) in [7, 11) is 0. The summed E-state index contributed by atoms with van der Waals surface area (Å²) in [4.78, 5) is 0. The molecule has 0 saturated heterocycles. The van der Waals surface area contributed by atoms with Crippen LogP contribution in [-0.4, -0.2) is 11.6 Å². The third-order valence-electron chi connectivity index (χ3n) is 2.94. The molecule has 0 spiro atoms. The van der Waals surface area contributed by atoms with Crippen molar-refractivity contribution in [1.82, 2.24) is 5.32 Å². The van der Waals surface area contributed by atoms with Crippen molar-refractivity contribution in [2.75, 3.05) is 0 Å². The van der Waals surface area contributed by atoms with Gasteiger partial charge < -0.3 is 14.5 Å². The molecule has 0 radical (unpaired) electrons. The van der Waals surface area contributed by atoms with Crippen molar-refractivity contribution in [3.63, 3.8) is 0 Å². The lowest BCUT2D eigenvalue weighted by molar-refractivity contribution is 0.0145. The Kier molecular flexibility index (Phi) is 5.42. The lowest BCUT2D eigenvalue weighted by atomic mass is 10.1. The summed E-state index contributed by atoms with van der Waals surface area (Å²) >= 11 is 0. The molecule has 1 N–H and O–H groups in total. The van der Waals surface area contributed by atoms with E-state index >= 15 is 0 Å². The molecule has 0 aliphatic heterocycles. The highest BCUT2D eigenvalue weighted by molar-refractivity contribution is 5.06. The molecule has 3 nitrogen and oxygen atoms in total. The van der Waals surface area contributed by atoms with Crippen LogP contribution in [0, 0.1) is 5.92 Å². The highest BCUT2D eigenvalue weighted by Gasteiger charge is 2.11. The van der Waals surface area contributed by atoms with Gasteiger partial charge in [0.2, 0.25) is 0 Å². The minimum Gasteiger partial charge on any atom is -0.462 e. The Labute approximate surface area is 111 Å². The molecule has 0 amide bonds. The van der Waals surface area contributed by atoms with E-state index < -0.39 is 0 Å². The van der Waals surface area contributed by atoms with Crippen LogP contribution in [0.4, 0.5) is 0 Å². The van der Waals surface area contributed by atoms with Crippen molar-refractivity contribution in [2.45, 2.75) is 66.3 Å². The molecule has 1 atom stereocenters. The van der Waals surface area contributed by atoms with Crippen molar-refractivity contribution in [2.24, 2.45) is 5.92 Å². The molecule has 1 aromatic rings. The topological polar surface area (TPSA) is 34.4 Å². The average molecular weight is 253 g/mol. The summed E-state index contributed by atoms with van der Waals surface area (Å²) in [5.41, 5.74) is 0.107. The van der Waals surface area contributed by atoms with Gasteiger partial charge in [-0.05, 0) is 45.7 Å². The maximum atomic E-state index is 5.73. The van der Waals surface area contributed by atoms with Gasteiger partial charge in [-0.15, -0.1) is 0 Å². The zero-order chi connectivity index (χ0) is 13.8. The number of furan rings is 1. The van der Waals surface area contributed by atoms with Crippen molar-refractivity contribution < 1.29 is 9.15 Å². The minimum absolute atomic E-state index is 0.107. The molecule has 1 aromatic heterocycles. The van der Waals surface area contributed by atoms with Crippen LogP contribution in [-0.2, 0) is 17.9 Å². The predicted molar refractivity (Wildman–Crippen MR) is 74.4 cm³/mol. The Hall–Kier alpha value is -0.800. The first-order chi connectivity index (χ1) is 8.28. The minimum atomic E-state index is 0.107. The summed E-state index contributed by atoms with van der Waals surface area (Å²) in [5, 5.41) is 3.40. The fraction of sp³-hybridized carbons (Fsp3) is 0.733. The largest absolute Gasteiger partial charge is 0.462 e. The average Bonchev–Trinajstić information content (AvgIpc) is 2.70. The molecule has 1 heterocycles. The van der Waals surface area contributed by atoms with Crippen molar-refractivity contribution in [1.29, 1.82) is 0 Å². The second-order valence-electron chi connectivity index (χ2n) is 6.23. The van der Waals surface area contributed by atoms with E-state index in [2.05, 4.69) is 46.9 Å². The second-order valence-corrected chi connectivity index (χ2v) is 6.23. The molecule has 0 aromatic carbocycles. The molecule has 0 aliphatic rings. The van der Waals surface area contributed by atoms with Gasteiger partial charge in [-0.3, -0.25) is 0 Å². The third-order valence-corrected chi connectivity index (χ3v) is 2.94. The number of hydrogen-bond acceptors (Lipinski definition) is 3. The van der Waals surface area contributed by atoms with Crippen LogP contribution < -0.4 is 5.32 Å². The number of rotatable bonds is 6. The smallest absolute Gasteiger partial charge is 0.129 e. The highest BCUT2D eigenvalue weighted by atomic mass is 16.5. The standard InChI is InChI=1S/C15H27NO2/c1-11(2)12(3)17-10-14-8-7-13(18-14)9-16-15(4,5)6/h7-8,11-12,16H,9-10H2,1-6H3. The molecule has 104 valence electrons. The second kappa shape index (κ2) is 6.39. The van der Waals surface area contributed by atoms with Crippen LogP contribution >= 0.6 is 0 Å².